The van der Waals surface area contributed by atoms with Gasteiger partial charge in [-0.15, -0.1) is 0 Å². The second kappa shape index (κ2) is 9.01. The maximum Gasteiger partial charge on any atom is 0.258 e. The number of allylic oxidation sites excluding steroid dienone is 1. The zero-order valence-electron chi connectivity index (χ0n) is 17.7. The van der Waals surface area contributed by atoms with E-state index in [4.69, 9.17) is 9.47 Å². The number of hydrogen-bond acceptors (Lipinski definition) is 5. The molecule has 0 aromatic heterocycles. The Bertz CT molecular complexity index is 918. The maximum atomic E-state index is 12.7. The van der Waals surface area contributed by atoms with Crippen molar-refractivity contribution in [1.29, 1.82) is 0 Å². The van der Waals surface area contributed by atoms with Crippen LogP contribution in [0.3, 0.4) is 0 Å². The number of nitrogens with one attached hydrogen (secondary N) is 3. The normalized spacial score (nSPS) is 14.5. The van der Waals surface area contributed by atoms with Gasteiger partial charge in [-0.2, -0.15) is 0 Å². The Labute approximate surface area is 172 Å². The highest BCUT2D eigenvalue weighted by Gasteiger charge is 2.29. The van der Waals surface area contributed by atoms with Crippen molar-refractivity contribution in [2.24, 2.45) is 0 Å². The number of rotatable bonds is 8. The van der Waals surface area contributed by atoms with Crippen LogP contribution in [-0.4, -0.2) is 26.2 Å². The monoisotopic (exact) mass is 395 g/mol. The van der Waals surface area contributed by atoms with Crippen LogP contribution < -0.4 is 25.4 Å². The Kier molecular flexibility index (Phi) is 6.44. The molecule has 0 atom stereocenters. The summed E-state index contributed by atoms with van der Waals surface area (Å²) in [6, 6.07) is 12.3. The van der Waals surface area contributed by atoms with Crippen molar-refractivity contribution in [1.82, 2.24) is 5.32 Å². The molecule has 1 aliphatic rings. The third kappa shape index (κ3) is 4.54. The SMILES string of the molecule is CC/C(Nc1ccc(CNC(C)C)cc1)=C1/C(=O)Nc2cc(OC)c(OC)cc21. The van der Waals surface area contributed by atoms with E-state index in [1.807, 2.05) is 25.1 Å². The lowest BCUT2D eigenvalue weighted by Gasteiger charge is -2.14. The molecular weight excluding hydrogens is 366 g/mol. The van der Waals surface area contributed by atoms with E-state index < -0.39 is 0 Å². The van der Waals surface area contributed by atoms with Crippen molar-refractivity contribution in [3.05, 3.63) is 53.2 Å². The van der Waals surface area contributed by atoms with Gasteiger partial charge in [-0.25, -0.2) is 0 Å². The van der Waals surface area contributed by atoms with E-state index in [1.54, 1.807) is 20.3 Å². The molecule has 0 saturated heterocycles. The molecule has 0 fully saturated rings. The topological polar surface area (TPSA) is 71.6 Å². The van der Waals surface area contributed by atoms with Gasteiger partial charge in [0.15, 0.2) is 11.5 Å². The van der Waals surface area contributed by atoms with Crippen LogP contribution in [-0.2, 0) is 11.3 Å². The van der Waals surface area contributed by atoms with Gasteiger partial charge in [0.25, 0.3) is 5.91 Å². The predicted molar refractivity (Wildman–Crippen MR) is 117 cm³/mol. The maximum absolute atomic E-state index is 12.7. The number of carbonyl (C=O) groups is 1. The van der Waals surface area contributed by atoms with Crippen molar-refractivity contribution >= 4 is 22.9 Å². The number of carbonyl (C=O) groups excluding carboxylic acids is 1. The van der Waals surface area contributed by atoms with Crippen LogP contribution in [0.25, 0.3) is 5.57 Å². The second-order valence-electron chi connectivity index (χ2n) is 7.27. The number of anilines is 2. The molecule has 6 heteroatoms. The van der Waals surface area contributed by atoms with Crippen LogP contribution in [0, 0.1) is 0 Å². The van der Waals surface area contributed by atoms with Gasteiger partial charge in [-0.1, -0.05) is 32.9 Å². The lowest BCUT2D eigenvalue weighted by atomic mass is 10.0. The average molecular weight is 396 g/mol. The van der Waals surface area contributed by atoms with Gasteiger partial charge >= 0.3 is 0 Å². The summed E-state index contributed by atoms with van der Waals surface area (Å²) in [5.41, 5.74) is 5.20. The second-order valence-corrected chi connectivity index (χ2v) is 7.27. The van der Waals surface area contributed by atoms with Crippen molar-refractivity contribution in [3.63, 3.8) is 0 Å². The predicted octanol–water partition coefficient (Wildman–Crippen LogP) is 4.39. The van der Waals surface area contributed by atoms with Gasteiger partial charge in [-0.3, -0.25) is 4.79 Å². The average Bonchev–Trinajstić information content (AvgIpc) is 3.04. The fraction of sp³-hybridized carbons (Fsp3) is 0.348. The summed E-state index contributed by atoms with van der Waals surface area (Å²) in [6.45, 7) is 7.12. The van der Waals surface area contributed by atoms with Gasteiger partial charge in [0.1, 0.15) is 0 Å². The standard InChI is InChI=1S/C23H29N3O3/c1-6-18(25-16-9-7-15(8-10-16)13-24-14(2)3)22-17-11-20(28-4)21(29-5)12-19(17)26-23(22)27/h7-12,14,24-25H,6,13H2,1-5H3,(H,26,27)/b22-18-. The lowest BCUT2D eigenvalue weighted by molar-refractivity contribution is -0.110. The first-order valence-corrected chi connectivity index (χ1v) is 9.87. The number of fused-ring (bicyclic) bond motifs is 1. The number of benzene rings is 2. The summed E-state index contributed by atoms with van der Waals surface area (Å²) in [7, 11) is 3.17. The fourth-order valence-corrected chi connectivity index (χ4v) is 3.33. The van der Waals surface area contributed by atoms with Crippen molar-refractivity contribution in [2.75, 3.05) is 24.9 Å². The molecule has 0 aliphatic carbocycles. The van der Waals surface area contributed by atoms with Gasteiger partial charge in [0.05, 0.1) is 25.5 Å². The van der Waals surface area contributed by atoms with Gasteiger partial charge in [0.2, 0.25) is 0 Å². The summed E-state index contributed by atoms with van der Waals surface area (Å²) >= 11 is 0. The third-order valence-electron chi connectivity index (χ3n) is 4.89. The molecule has 0 unspecified atom stereocenters. The number of hydrogen-bond donors (Lipinski definition) is 3. The molecule has 2 aromatic rings. The van der Waals surface area contributed by atoms with Crippen LogP contribution in [0.4, 0.5) is 11.4 Å². The van der Waals surface area contributed by atoms with E-state index in [2.05, 4.69) is 41.9 Å². The Morgan fingerprint density at radius 1 is 1.07 bits per heavy atom. The molecular formula is C23H29N3O3. The van der Waals surface area contributed by atoms with E-state index in [0.717, 1.165) is 29.2 Å². The van der Waals surface area contributed by atoms with Gasteiger partial charge in [-0.05, 0) is 30.2 Å². The van der Waals surface area contributed by atoms with Gasteiger partial charge in [0, 0.05) is 35.6 Å². The van der Waals surface area contributed by atoms with Crippen LogP contribution in [0.2, 0.25) is 0 Å². The van der Waals surface area contributed by atoms with Crippen molar-refractivity contribution in [3.8, 4) is 11.5 Å². The summed E-state index contributed by atoms with van der Waals surface area (Å²) < 4.78 is 10.8. The summed E-state index contributed by atoms with van der Waals surface area (Å²) in [6.07, 6.45) is 0.688. The zero-order valence-corrected chi connectivity index (χ0v) is 17.7. The summed E-state index contributed by atoms with van der Waals surface area (Å²) in [5.74, 6) is 1.06. The smallest absolute Gasteiger partial charge is 0.258 e. The zero-order chi connectivity index (χ0) is 21.0. The molecule has 0 saturated carbocycles. The summed E-state index contributed by atoms with van der Waals surface area (Å²) in [5, 5.41) is 9.77. The molecule has 3 rings (SSSR count). The quantitative estimate of drug-likeness (QED) is 0.579. The minimum absolute atomic E-state index is 0.127. The highest BCUT2D eigenvalue weighted by atomic mass is 16.5. The molecule has 1 amide bonds. The summed E-state index contributed by atoms with van der Waals surface area (Å²) in [4.78, 5) is 12.7. The molecule has 1 heterocycles. The van der Waals surface area contributed by atoms with Gasteiger partial charge < -0.3 is 25.4 Å². The minimum Gasteiger partial charge on any atom is -0.493 e. The third-order valence-corrected chi connectivity index (χ3v) is 4.89. The Morgan fingerprint density at radius 2 is 1.72 bits per heavy atom. The van der Waals surface area contributed by atoms with E-state index in [0.29, 0.717) is 29.5 Å². The Hall–Kier alpha value is -2.99. The molecule has 0 bridgehead atoms. The molecule has 29 heavy (non-hydrogen) atoms. The van der Waals surface area contributed by atoms with E-state index >= 15 is 0 Å². The number of amides is 1. The molecule has 0 spiro atoms. The molecule has 3 N–H and O–H groups in total. The lowest BCUT2D eigenvalue weighted by Crippen LogP contribution is -2.21. The van der Waals surface area contributed by atoms with Crippen LogP contribution in [0.1, 0.15) is 38.3 Å². The molecule has 0 radical (unpaired) electrons. The van der Waals surface area contributed by atoms with Crippen LogP contribution in [0.15, 0.2) is 42.1 Å². The molecule has 6 nitrogen and oxygen atoms in total. The highest BCUT2D eigenvalue weighted by molar-refractivity contribution is 6.32. The van der Waals surface area contributed by atoms with Crippen LogP contribution in [0.5, 0.6) is 11.5 Å². The number of methoxy groups -OCH3 is 2. The first-order valence-electron chi connectivity index (χ1n) is 9.87. The number of ether oxygens (including phenoxy) is 2. The Balaban J connectivity index is 1.90. The highest BCUT2D eigenvalue weighted by Crippen LogP contribution is 2.42. The first-order chi connectivity index (χ1) is 14.0. The molecule has 1 aliphatic heterocycles. The fourth-order valence-electron chi connectivity index (χ4n) is 3.33. The van der Waals surface area contributed by atoms with Crippen molar-refractivity contribution in [2.45, 2.75) is 39.8 Å². The Morgan fingerprint density at radius 3 is 2.31 bits per heavy atom. The van der Waals surface area contributed by atoms with E-state index in [9.17, 15) is 4.79 Å². The van der Waals surface area contributed by atoms with Crippen LogP contribution >= 0.6 is 0 Å². The van der Waals surface area contributed by atoms with E-state index in [1.165, 1.54) is 5.56 Å². The molecule has 154 valence electrons. The largest absolute Gasteiger partial charge is 0.493 e. The minimum atomic E-state index is -0.127. The van der Waals surface area contributed by atoms with E-state index in [-0.39, 0.29) is 5.91 Å². The molecule has 2 aromatic carbocycles. The first kappa shape index (κ1) is 20.7. The van der Waals surface area contributed by atoms with Crippen molar-refractivity contribution < 1.29 is 14.3 Å².